The Balaban J connectivity index is 2.59. The molecule has 0 aromatic heterocycles. The Morgan fingerprint density at radius 1 is 1.29 bits per heavy atom. The predicted octanol–water partition coefficient (Wildman–Crippen LogP) is -1.27. The second-order valence-corrected chi connectivity index (χ2v) is 4.58. The highest BCUT2D eigenvalue weighted by atomic mass is 16.7. The molecule has 0 aliphatic carbocycles. The molecule has 1 aliphatic heterocycles. The van der Waals surface area contributed by atoms with Gasteiger partial charge in [0.05, 0.1) is 6.61 Å². The third-order valence-corrected chi connectivity index (χ3v) is 3.19. The summed E-state index contributed by atoms with van der Waals surface area (Å²) in [7, 11) is 0. The average molecular weight is 250 g/mol. The van der Waals surface area contributed by atoms with E-state index in [1.807, 2.05) is 6.92 Å². The zero-order valence-corrected chi connectivity index (χ0v) is 9.99. The van der Waals surface area contributed by atoms with Crippen molar-refractivity contribution in [1.29, 1.82) is 0 Å². The number of aliphatic hydroxyl groups excluding tert-OH is 4. The van der Waals surface area contributed by atoms with Gasteiger partial charge in [-0.3, -0.25) is 0 Å². The zero-order chi connectivity index (χ0) is 13.1. The van der Waals surface area contributed by atoms with Gasteiger partial charge in [0.15, 0.2) is 0 Å². The van der Waals surface area contributed by atoms with Gasteiger partial charge < -0.3 is 30.3 Å². The van der Waals surface area contributed by atoms with Gasteiger partial charge in [-0.15, -0.1) is 0 Å². The molecule has 6 nitrogen and oxygen atoms in total. The van der Waals surface area contributed by atoms with E-state index in [2.05, 4.69) is 0 Å². The van der Waals surface area contributed by atoms with Crippen LogP contribution >= 0.6 is 0 Å². The van der Waals surface area contributed by atoms with Crippen molar-refractivity contribution in [3.8, 4) is 0 Å². The molecule has 0 spiro atoms. The highest BCUT2D eigenvalue weighted by molar-refractivity contribution is 4.95. The molecule has 1 saturated heterocycles. The maximum absolute atomic E-state index is 10.0. The van der Waals surface area contributed by atoms with E-state index in [1.165, 1.54) is 0 Å². The molecule has 5 N–H and O–H groups in total. The topological polar surface area (TPSA) is 110 Å². The second kappa shape index (κ2) is 6.08. The van der Waals surface area contributed by atoms with Gasteiger partial charge in [0, 0.05) is 0 Å². The van der Waals surface area contributed by atoms with Gasteiger partial charge in [-0.2, -0.15) is 0 Å². The Bertz CT molecular complexity index is 236. The standard InChI is InChI=1S/C11H22O6/c1-2-3-4-5-8(13)11(16)10(15)9(14)7(12)6-17-11/h7-10,12-16H,2-6H2,1H3/t7-,8?,9+,10-,11?/m1/s1. The molecule has 0 amide bonds. The largest absolute Gasteiger partial charge is 0.388 e. The summed E-state index contributed by atoms with van der Waals surface area (Å²) in [6, 6.07) is 0. The van der Waals surface area contributed by atoms with Crippen molar-refractivity contribution in [3.63, 3.8) is 0 Å². The number of hydrogen-bond acceptors (Lipinski definition) is 6. The van der Waals surface area contributed by atoms with Crippen molar-refractivity contribution in [2.24, 2.45) is 0 Å². The number of unbranched alkanes of at least 4 members (excludes halogenated alkanes) is 2. The summed E-state index contributed by atoms with van der Waals surface area (Å²) in [6.07, 6.45) is -2.96. The lowest BCUT2D eigenvalue weighted by atomic mass is 9.90. The Kier molecular flexibility index (Phi) is 5.30. The molecule has 1 aliphatic rings. The molecular formula is C11H22O6. The lowest BCUT2D eigenvalue weighted by Gasteiger charge is -2.44. The number of hydrogen-bond donors (Lipinski definition) is 5. The first-order chi connectivity index (χ1) is 7.93. The van der Waals surface area contributed by atoms with E-state index < -0.39 is 30.2 Å². The smallest absolute Gasteiger partial charge is 0.221 e. The Hall–Kier alpha value is -0.240. The van der Waals surface area contributed by atoms with Crippen LogP contribution in [0, 0.1) is 0 Å². The van der Waals surface area contributed by atoms with Crippen molar-refractivity contribution >= 4 is 0 Å². The van der Waals surface area contributed by atoms with Crippen LogP contribution in [0.2, 0.25) is 0 Å². The molecule has 5 atom stereocenters. The quantitative estimate of drug-likeness (QED) is 0.389. The molecule has 0 radical (unpaired) electrons. The van der Waals surface area contributed by atoms with Gasteiger partial charge in [0.1, 0.15) is 24.4 Å². The van der Waals surface area contributed by atoms with E-state index in [-0.39, 0.29) is 13.0 Å². The van der Waals surface area contributed by atoms with E-state index in [0.29, 0.717) is 6.42 Å². The van der Waals surface area contributed by atoms with Crippen LogP contribution in [0.15, 0.2) is 0 Å². The van der Waals surface area contributed by atoms with Gasteiger partial charge in [0.25, 0.3) is 0 Å². The van der Waals surface area contributed by atoms with Crippen molar-refractivity contribution in [2.75, 3.05) is 6.61 Å². The van der Waals surface area contributed by atoms with Gasteiger partial charge >= 0.3 is 0 Å². The predicted molar refractivity (Wildman–Crippen MR) is 59.1 cm³/mol. The van der Waals surface area contributed by atoms with Crippen LogP contribution in [-0.4, -0.2) is 62.3 Å². The van der Waals surface area contributed by atoms with Crippen LogP contribution < -0.4 is 0 Å². The lowest BCUT2D eigenvalue weighted by molar-refractivity contribution is -0.352. The molecule has 0 aromatic rings. The number of aliphatic hydroxyl groups is 5. The fourth-order valence-corrected chi connectivity index (χ4v) is 1.95. The molecular weight excluding hydrogens is 228 g/mol. The van der Waals surface area contributed by atoms with Crippen LogP contribution in [0.3, 0.4) is 0 Å². The van der Waals surface area contributed by atoms with Gasteiger partial charge in [-0.25, -0.2) is 0 Å². The molecule has 1 rings (SSSR count). The summed E-state index contributed by atoms with van der Waals surface area (Å²) in [5.74, 6) is -2.20. The summed E-state index contributed by atoms with van der Waals surface area (Å²) >= 11 is 0. The summed E-state index contributed by atoms with van der Waals surface area (Å²) in [4.78, 5) is 0. The molecule has 2 unspecified atom stereocenters. The molecule has 1 fully saturated rings. The van der Waals surface area contributed by atoms with Crippen LogP contribution in [0.1, 0.15) is 32.6 Å². The monoisotopic (exact) mass is 250 g/mol. The molecule has 102 valence electrons. The highest BCUT2D eigenvalue weighted by Gasteiger charge is 2.52. The summed E-state index contributed by atoms with van der Waals surface area (Å²) < 4.78 is 4.90. The first kappa shape index (κ1) is 14.8. The van der Waals surface area contributed by atoms with Crippen LogP contribution in [0.4, 0.5) is 0 Å². The third-order valence-electron chi connectivity index (χ3n) is 3.19. The molecule has 0 saturated carbocycles. The Morgan fingerprint density at radius 2 is 1.94 bits per heavy atom. The number of ether oxygens (including phenoxy) is 1. The normalized spacial score (nSPS) is 40.2. The summed E-state index contributed by atoms with van der Waals surface area (Å²) in [5.41, 5.74) is 0. The van der Waals surface area contributed by atoms with Crippen LogP contribution in [0.25, 0.3) is 0 Å². The van der Waals surface area contributed by atoms with E-state index >= 15 is 0 Å². The minimum atomic E-state index is -2.20. The summed E-state index contributed by atoms with van der Waals surface area (Å²) in [6.45, 7) is 1.69. The van der Waals surface area contributed by atoms with Crippen molar-refractivity contribution < 1.29 is 30.3 Å². The lowest BCUT2D eigenvalue weighted by Crippen LogP contribution is -2.65. The third kappa shape index (κ3) is 3.15. The molecule has 1 heterocycles. The van der Waals surface area contributed by atoms with Crippen LogP contribution in [-0.2, 0) is 4.74 Å². The minimum absolute atomic E-state index is 0.268. The van der Waals surface area contributed by atoms with E-state index in [4.69, 9.17) is 4.74 Å². The first-order valence-corrected chi connectivity index (χ1v) is 6.02. The van der Waals surface area contributed by atoms with E-state index in [1.54, 1.807) is 0 Å². The van der Waals surface area contributed by atoms with Crippen molar-refractivity contribution in [3.05, 3.63) is 0 Å². The second-order valence-electron chi connectivity index (χ2n) is 4.58. The summed E-state index contributed by atoms with van der Waals surface area (Å²) in [5, 5.41) is 48.2. The van der Waals surface area contributed by atoms with Gasteiger partial charge in [-0.05, 0) is 6.42 Å². The Labute approximate surface area is 100 Å². The molecule has 6 heteroatoms. The van der Waals surface area contributed by atoms with Gasteiger partial charge in [0.2, 0.25) is 5.79 Å². The maximum Gasteiger partial charge on any atom is 0.221 e. The van der Waals surface area contributed by atoms with Crippen LogP contribution in [0.5, 0.6) is 0 Å². The fraction of sp³-hybridized carbons (Fsp3) is 1.00. The highest BCUT2D eigenvalue weighted by Crippen LogP contribution is 2.29. The zero-order valence-electron chi connectivity index (χ0n) is 9.99. The van der Waals surface area contributed by atoms with Crippen molar-refractivity contribution in [1.82, 2.24) is 0 Å². The maximum atomic E-state index is 10.0. The first-order valence-electron chi connectivity index (χ1n) is 6.02. The van der Waals surface area contributed by atoms with E-state index in [9.17, 15) is 25.5 Å². The Morgan fingerprint density at radius 3 is 2.53 bits per heavy atom. The fourth-order valence-electron chi connectivity index (χ4n) is 1.95. The molecule has 0 aromatic carbocycles. The SMILES string of the molecule is CCCCCC(O)C1(O)OC[C@@H](O)[C@H](O)[C@H]1O. The minimum Gasteiger partial charge on any atom is -0.388 e. The average Bonchev–Trinajstić information content (AvgIpc) is 2.32. The van der Waals surface area contributed by atoms with E-state index in [0.717, 1.165) is 12.8 Å². The van der Waals surface area contributed by atoms with Gasteiger partial charge in [-0.1, -0.05) is 26.2 Å². The number of rotatable bonds is 5. The van der Waals surface area contributed by atoms with Crippen molar-refractivity contribution in [2.45, 2.75) is 62.8 Å². The molecule has 17 heavy (non-hydrogen) atoms. The molecule has 0 bridgehead atoms.